The maximum atomic E-state index is 12.6. The topological polar surface area (TPSA) is 148 Å². The fourth-order valence-electron chi connectivity index (χ4n) is 4.08. The van der Waals surface area contributed by atoms with Gasteiger partial charge in [-0.05, 0) is 20.8 Å². The zero-order valence-corrected chi connectivity index (χ0v) is 19.9. The Balaban J connectivity index is 1.59. The number of aliphatic hydroxyl groups excluding tert-OH is 1. The summed E-state index contributed by atoms with van der Waals surface area (Å²) in [6.45, 7) is 7.92. The van der Waals surface area contributed by atoms with Gasteiger partial charge in [-0.1, -0.05) is 0 Å². The molecule has 3 aliphatic rings. The molecule has 2 atom stereocenters. The van der Waals surface area contributed by atoms with Gasteiger partial charge in [-0.15, -0.1) is 0 Å². The van der Waals surface area contributed by atoms with Crippen LogP contribution in [0.4, 0.5) is 4.79 Å². The fraction of sp³-hybridized carbons (Fsp3) is 0.636. The van der Waals surface area contributed by atoms with Crippen LogP contribution in [0.25, 0.3) is 5.70 Å². The van der Waals surface area contributed by atoms with Gasteiger partial charge in [0.05, 0.1) is 32.1 Å². The van der Waals surface area contributed by atoms with Crippen LogP contribution in [0, 0.1) is 0 Å². The molecule has 0 saturated carbocycles. The predicted octanol–water partition coefficient (Wildman–Crippen LogP) is 0.110. The number of nitrogens with zero attached hydrogens (tertiary/aromatic N) is 5. The molecule has 3 aliphatic heterocycles. The van der Waals surface area contributed by atoms with Crippen molar-refractivity contribution in [1.29, 1.82) is 0 Å². The monoisotopic (exact) mass is 475 g/mol. The van der Waals surface area contributed by atoms with E-state index in [4.69, 9.17) is 19.9 Å². The van der Waals surface area contributed by atoms with Crippen molar-refractivity contribution in [2.75, 3.05) is 46.0 Å². The lowest BCUT2D eigenvalue weighted by atomic mass is 10.0. The minimum Gasteiger partial charge on any atom is -0.467 e. The van der Waals surface area contributed by atoms with Crippen molar-refractivity contribution < 1.29 is 24.1 Å². The summed E-state index contributed by atoms with van der Waals surface area (Å²) >= 11 is 0. The number of carbonyl (C=O) groups is 1. The van der Waals surface area contributed by atoms with Gasteiger partial charge in [0.15, 0.2) is 5.60 Å². The molecule has 4 N–H and O–H groups in total. The molecule has 1 aromatic heterocycles. The van der Waals surface area contributed by atoms with Crippen molar-refractivity contribution in [2.45, 2.75) is 44.3 Å². The number of aliphatic imine (C=N–C) groups is 1. The molecule has 12 nitrogen and oxygen atoms in total. The SMILES string of the molecule is CC(C)(C)OC(=O)N1CC[C@@](CO)(OC2=NC(N)(N3CCOCC3)NC(c3cncnc3)=C2)C1. The Morgan fingerprint density at radius 2 is 1.97 bits per heavy atom. The van der Waals surface area contributed by atoms with Crippen LogP contribution in [0.5, 0.6) is 0 Å². The lowest BCUT2D eigenvalue weighted by Gasteiger charge is -2.43. The van der Waals surface area contributed by atoms with Crippen molar-refractivity contribution in [1.82, 2.24) is 25.1 Å². The number of likely N-dealkylation sites (tertiary alicyclic amines) is 1. The van der Waals surface area contributed by atoms with Crippen molar-refractivity contribution in [3.8, 4) is 0 Å². The maximum absolute atomic E-state index is 12.6. The number of ether oxygens (including phenoxy) is 3. The Morgan fingerprint density at radius 1 is 1.26 bits per heavy atom. The third kappa shape index (κ3) is 5.46. The molecule has 0 bridgehead atoms. The number of rotatable bonds is 4. The predicted molar refractivity (Wildman–Crippen MR) is 123 cm³/mol. The molecule has 2 fully saturated rings. The van der Waals surface area contributed by atoms with Crippen LogP contribution in [0.3, 0.4) is 0 Å². The van der Waals surface area contributed by atoms with E-state index in [1.807, 2.05) is 25.7 Å². The Bertz CT molecular complexity index is 945. The second-order valence-corrected chi connectivity index (χ2v) is 9.68. The van der Waals surface area contributed by atoms with E-state index < -0.39 is 23.2 Å². The molecular weight excluding hydrogens is 442 g/mol. The van der Waals surface area contributed by atoms with Crippen LogP contribution < -0.4 is 11.1 Å². The van der Waals surface area contributed by atoms with Crippen LogP contribution in [-0.2, 0) is 14.2 Å². The van der Waals surface area contributed by atoms with Crippen molar-refractivity contribution >= 4 is 17.7 Å². The van der Waals surface area contributed by atoms with E-state index in [9.17, 15) is 9.90 Å². The lowest BCUT2D eigenvalue weighted by Crippen LogP contribution is -2.67. The van der Waals surface area contributed by atoms with Crippen molar-refractivity contribution in [2.24, 2.45) is 10.7 Å². The van der Waals surface area contributed by atoms with E-state index in [-0.39, 0.29) is 19.0 Å². The average Bonchev–Trinajstić information content (AvgIpc) is 3.23. The number of hydrogen-bond acceptors (Lipinski definition) is 11. The molecule has 2 saturated heterocycles. The molecule has 0 radical (unpaired) electrons. The van der Waals surface area contributed by atoms with Gasteiger partial charge in [0.25, 0.3) is 0 Å². The van der Waals surface area contributed by atoms with Gasteiger partial charge in [0.2, 0.25) is 11.8 Å². The molecule has 186 valence electrons. The van der Waals surface area contributed by atoms with Gasteiger partial charge >= 0.3 is 6.09 Å². The first kappa shape index (κ1) is 24.3. The highest BCUT2D eigenvalue weighted by Gasteiger charge is 2.45. The van der Waals surface area contributed by atoms with Gasteiger partial charge in [0, 0.05) is 50.1 Å². The van der Waals surface area contributed by atoms with Crippen LogP contribution in [0.2, 0.25) is 0 Å². The lowest BCUT2D eigenvalue weighted by molar-refractivity contribution is -0.0310. The summed E-state index contributed by atoms with van der Waals surface area (Å²) in [6.07, 6.45) is 6.45. The normalized spacial score (nSPS) is 28.1. The van der Waals surface area contributed by atoms with Crippen molar-refractivity contribution in [3.63, 3.8) is 0 Å². The maximum Gasteiger partial charge on any atom is 0.410 e. The largest absolute Gasteiger partial charge is 0.467 e. The first-order chi connectivity index (χ1) is 16.1. The molecule has 0 spiro atoms. The minimum absolute atomic E-state index is 0.164. The molecule has 1 aromatic rings. The quantitative estimate of drug-likeness (QED) is 0.548. The molecule has 12 heteroatoms. The Kier molecular flexibility index (Phi) is 6.76. The number of aliphatic hydroxyl groups is 1. The highest BCUT2D eigenvalue weighted by Crippen LogP contribution is 2.30. The van der Waals surface area contributed by atoms with Crippen LogP contribution in [0.1, 0.15) is 32.8 Å². The van der Waals surface area contributed by atoms with E-state index >= 15 is 0 Å². The van der Waals surface area contributed by atoms with Crippen molar-refractivity contribution in [3.05, 3.63) is 30.4 Å². The summed E-state index contributed by atoms with van der Waals surface area (Å²) in [5.74, 6) is -1.05. The average molecular weight is 476 g/mol. The van der Waals surface area contributed by atoms with Crippen LogP contribution in [0.15, 0.2) is 29.8 Å². The summed E-state index contributed by atoms with van der Waals surface area (Å²) in [4.78, 5) is 28.9. The van der Waals surface area contributed by atoms with E-state index in [0.29, 0.717) is 50.5 Å². The van der Waals surface area contributed by atoms with Gasteiger partial charge in [-0.2, -0.15) is 4.99 Å². The Morgan fingerprint density at radius 3 is 2.62 bits per heavy atom. The number of nitrogens with one attached hydrogen (secondary N) is 1. The molecule has 0 aromatic carbocycles. The van der Waals surface area contributed by atoms with Gasteiger partial charge in [0.1, 0.15) is 11.9 Å². The van der Waals surface area contributed by atoms with Gasteiger partial charge < -0.3 is 29.5 Å². The smallest absolute Gasteiger partial charge is 0.410 e. The molecule has 1 unspecified atom stereocenters. The Hall–Kier alpha value is -2.80. The van der Waals surface area contributed by atoms with E-state index in [1.165, 1.54) is 11.2 Å². The minimum atomic E-state index is -1.29. The zero-order chi connectivity index (χ0) is 24.4. The van der Waals surface area contributed by atoms with Crippen LogP contribution in [-0.4, -0.2) is 100.0 Å². The number of morpholine rings is 1. The summed E-state index contributed by atoms with van der Waals surface area (Å²) in [5.41, 5.74) is 6.41. The van der Waals surface area contributed by atoms with Crippen LogP contribution >= 0.6 is 0 Å². The zero-order valence-electron chi connectivity index (χ0n) is 19.9. The number of nitrogens with two attached hydrogens (primary N) is 1. The van der Waals surface area contributed by atoms with E-state index in [2.05, 4.69) is 20.3 Å². The van der Waals surface area contributed by atoms with E-state index in [0.717, 1.165) is 0 Å². The fourth-order valence-corrected chi connectivity index (χ4v) is 4.08. The molecule has 4 rings (SSSR count). The second kappa shape index (κ2) is 9.45. The highest BCUT2D eigenvalue weighted by molar-refractivity contribution is 5.97. The third-order valence-corrected chi connectivity index (χ3v) is 5.81. The summed E-state index contributed by atoms with van der Waals surface area (Å²) < 4.78 is 17.2. The molecule has 1 amide bonds. The summed E-state index contributed by atoms with van der Waals surface area (Å²) in [5, 5.41) is 13.5. The summed E-state index contributed by atoms with van der Waals surface area (Å²) in [6, 6.07) is 0. The molecular formula is C22H33N7O5. The number of aromatic nitrogens is 2. The highest BCUT2D eigenvalue weighted by atomic mass is 16.6. The van der Waals surface area contributed by atoms with E-state index in [1.54, 1.807) is 18.5 Å². The van der Waals surface area contributed by atoms with Gasteiger partial charge in [-0.25, -0.2) is 19.7 Å². The summed E-state index contributed by atoms with van der Waals surface area (Å²) in [7, 11) is 0. The standard InChI is InChI=1S/C22H33N7O5/c1-20(2,3)34-19(31)28-5-4-21(13-28,14-30)33-18-10-17(16-11-24-15-25-12-16)26-22(23,27-18)29-6-8-32-9-7-29/h10-12,15,26,30H,4-9,13-14,23H2,1-3H3/t21-,22?/m1/s1. The molecule has 4 heterocycles. The second-order valence-electron chi connectivity index (χ2n) is 9.68. The molecule has 34 heavy (non-hydrogen) atoms. The first-order valence-corrected chi connectivity index (χ1v) is 11.4. The first-order valence-electron chi connectivity index (χ1n) is 11.4. The van der Waals surface area contributed by atoms with Gasteiger partial charge in [-0.3, -0.25) is 5.73 Å². The third-order valence-electron chi connectivity index (χ3n) is 5.81. The number of amides is 1. The Labute approximate surface area is 198 Å². The molecule has 0 aliphatic carbocycles. The number of hydrogen-bond donors (Lipinski definition) is 3. The number of carbonyl (C=O) groups excluding carboxylic acids is 1.